The molecule has 1 unspecified atom stereocenters. The molecule has 1 fully saturated rings. The summed E-state index contributed by atoms with van der Waals surface area (Å²) in [5.41, 5.74) is 3.31. The normalized spacial score (nSPS) is 16.2. The average Bonchev–Trinajstić information content (AvgIpc) is 3.31. The topological polar surface area (TPSA) is 89.0 Å². The van der Waals surface area contributed by atoms with Crippen LogP contribution in [-0.4, -0.2) is 29.9 Å². The van der Waals surface area contributed by atoms with Gasteiger partial charge in [0.05, 0.1) is 11.6 Å². The number of hydrogen-bond acceptors (Lipinski definition) is 3. The van der Waals surface area contributed by atoms with Gasteiger partial charge in [0.15, 0.2) is 0 Å². The van der Waals surface area contributed by atoms with E-state index in [1.165, 1.54) is 0 Å². The molecule has 4 rings (SSSR count). The lowest BCUT2D eigenvalue weighted by atomic mass is 10.1. The second kappa shape index (κ2) is 7.98. The quantitative estimate of drug-likeness (QED) is 0.636. The highest BCUT2D eigenvalue weighted by molar-refractivity contribution is 6.31. The standard InChI is InChI=1S/C22H19ClN4O2/c23-16-3-6-20-19(11-16)15(13-26-20)7-9-25-21(28)18-8-10-27(22(18)29)17-4-1-14(12-24)2-5-17/h1-6,11,13,18,26H,7-10H2,(H,25,28). The van der Waals surface area contributed by atoms with Crippen LogP contribution in [0.1, 0.15) is 17.5 Å². The van der Waals surface area contributed by atoms with Gasteiger partial charge in [-0.15, -0.1) is 0 Å². The van der Waals surface area contributed by atoms with Crippen molar-refractivity contribution in [1.29, 1.82) is 5.26 Å². The minimum atomic E-state index is -0.678. The highest BCUT2D eigenvalue weighted by Crippen LogP contribution is 2.26. The zero-order valence-electron chi connectivity index (χ0n) is 15.6. The summed E-state index contributed by atoms with van der Waals surface area (Å²) in [6, 6.07) is 14.5. The molecule has 29 heavy (non-hydrogen) atoms. The highest BCUT2D eigenvalue weighted by atomic mass is 35.5. The minimum absolute atomic E-state index is 0.203. The van der Waals surface area contributed by atoms with E-state index in [1.54, 1.807) is 29.2 Å². The maximum absolute atomic E-state index is 12.7. The van der Waals surface area contributed by atoms with Crippen LogP contribution >= 0.6 is 11.6 Å². The van der Waals surface area contributed by atoms with Gasteiger partial charge in [-0.1, -0.05) is 11.6 Å². The van der Waals surface area contributed by atoms with Crippen LogP contribution in [0, 0.1) is 17.2 Å². The molecule has 1 aromatic heterocycles. The first-order valence-corrected chi connectivity index (χ1v) is 9.79. The molecule has 2 N–H and O–H groups in total. The number of carbonyl (C=O) groups excluding carboxylic acids is 2. The molecule has 0 spiro atoms. The number of nitrogens with one attached hydrogen (secondary N) is 2. The number of anilines is 1. The van der Waals surface area contributed by atoms with E-state index >= 15 is 0 Å². The summed E-state index contributed by atoms with van der Waals surface area (Å²) in [6.07, 6.45) is 3.04. The van der Waals surface area contributed by atoms with E-state index in [1.807, 2.05) is 24.4 Å². The molecule has 1 saturated heterocycles. The van der Waals surface area contributed by atoms with Crippen molar-refractivity contribution in [3.8, 4) is 6.07 Å². The van der Waals surface area contributed by atoms with Crippen LogP contribution < -0.4 is 10.2 Å². The molecule has 1 aliphatic heterocycles. The van der Waals surface area contributed by atoms with Crippen molar-refractivity contribution in [3.63, 3.8) is 0 Å². The molecule has 0 saturated carbocycles. The van der Waals surface area contributed by atoms with E-state index in [4.69, 9.17) is 16.9 Å². The monoisotopic (exact) mass is 406 g/mol. The number of hydrogen-bond donors (Lipinski definition) is 2. The summed E-state index contributed by atoms with van der Waals surface area (Å²) in [5, 5.41) is 13.5. The molecular weight excluding hydrogens is 388 g/mol. The Bertz CT molecular complexity index is 1110. The van der Waals surface area contributed by atoms with Crippen molar-refractivity contribution in [3.05, 3.63) is 64.8 Å². The van der Waals surface area contributed by atoms with E-state index in [0.29, 0.717) is 42.2 Å². The van der Waals surface area contributed by atoms with Gasteiger partial charge in [0, 0.05) is 40.9 Å². The number of aromatic amines is 1. The summed E-state index contributed by atoms with van der Waals surface area (Å²) in [6.45, 7) is 0.933. The number of H-pyrrole nitrogens is 1. The van der Waals surface area contributed by atoms with Gasteiger partial charge < -0.3 is 15.2 Å². The lowest BCUT2D eigenvalue weighted by Crippen LogP contribution is -2.37. The third-order valence-corrected chi connectivity index (χ3v) is 5.49. The second-order valence-electron chi connectivity index (χ2n) is 7.03. The van der Waals surface area contributed by atoms with Crippen LogP contribution in [0.25, 0.3) is 10.9 Å². The molecule has 0 radical (unpaired) electrons. The fraction of sp³-hybridized carbons (Fsp3) is 0.227. The van der Waals surface area contributed by atoms with Crippen molar-refractivity contribution in [1.82, 2.24) is 10.3 Å². The SMILES string of the molecule is N#Cc1ccc(N2CCC(C(=O)NCCc3c[nH]c4ccc(Cl)cc34)C2=O)cc1. The number of benzene rings is 2. The number of rotatable bonds is 5. The van der Waals surface area contributed by atoms with Crippen molar-refractivity contribution in [2.45, 2.75) is 12.8 Å². The molecule has 0 aliphatic carbocycles. The van der Waals surface area contributed by atoms with Crippen LogP contribution in [0.2, 0.25) is 5.02 Å². The highest BCUT2D eigenvalue weighted by Gasteiger charge is 2.37. The Labute approximate surface area is 173 Å². The van der Waals surface area contributed by atoms with E-state index in [-0.39, 0.29) is 11.8 Å². The number of fused-ring (bicyclic) bond motifs is 1. The van der Waals surface area contributed by atoms with Gasteiger partial charge in [0.2, 0.25) is 11.8 Å². The lowest BCUT2D eigenvalue weighted by molar-refractivity contribution is -0.132. The van der Waals surface area contributed by atoms with E-state index in [9.17, 15) is 9.59 Å². The molecule has 0 bridgehead atoms. The summed E-state index contributed by atoms with van der Waals surface area (Å²) in [7, 11) is 0. The molecular formula is C22H19ClN4O2. The van der Waals surface area contributed by atoms with Crippen molar-refractivity contribution in [2.24, 2.45) is 5.92 Å². The van der Waals surface area contributed by atoms with Crippen molar-refractivity contribution >= 4 is 40.0 Å². The van der Waals surface area contributed by atoms with Gasteiger partial charge in [0.25, 0.3) is 0 Å². The van der Waals surface area contributed by atoms with Crippen LogP contribution in [0.15, 0.2) is 48.7 Å². The lowest BCUT2D eigenvalue weighted by Gasteiger charge is -2.16. The average molecular weight is 407 g/mol. The Balaban J connectivity index is 1.35. The first-order chi connectivity index (χ1) is 14.1. The number of carbonyl (C=O) groups is 2. The predicted octanol–water partition coefficient (Wildman–Crippen LogP) is 3.40. The third kappa shape index (κ3) is 3.82. The van der Waals surface area contributed by atoms with E-state index < -0.39 is 5.92 Å². The molecule has 2 amide bonds. The summed E-state index contributed by atoms with van der Waals surface area (Å²) >= 11 is 6.07. The Morgan fingerprint density at radius 3 is 2.83 bits per heavy atom. The number of amides is 2. The summed E-state index contributed by atoms with van der Waals surface area (Å²) in [5.74, 6) is -1.13. The van der Waals surface area contributed by atoms with Crippen molar-refractivity contribution < 1.29 is 9.59 Å². The van der Waals surface area contributed by atoms with Crippen LogP contribution in [0.4, 0.5) is 5.69 Å². The third-order valence-electron chi connectivity index (χ3n) is 5.25. The molecule has 1 atom stereocenters. The van der Waals surface area contributed by atoms with Gasteiger partial charge in [-0.05, 0) is 60.9 Å². The van der Waals surface area contributed by atoms with Gasteiger partial charge in [-0.2, -0.15) is 5.26 Å². The molecule has 1 aliphatic rings. The smallest absolute Gasteiger partial charge is 0.239 e. The second-order valence-corrected chi connectivity index (χ2v) is 7.47. The predicted molar refractivity (Wildman–Crippen MR) is 112 cm³/mol. The zero-order chi connectivity index (χ0) is 20.4. The first-order valence-electron chi connectivity index (χ1n) is 9.41. The van der Waals surface area contributed by atoms with Gasteiger partial charge in [0.1, 0.15) is 5.92 Å². The minimum Gasteiger partial charge on any atom is -0.361 e. The summed E-state index contributed by atoms with van der Waals surface area (Å²) in [4.78, 5) is 30.0. The number of aromatic nitrogens is 1. The fourth-order valence-corrected chi connectivity index (χ4v) is 3.87. The summed E-state index contributed by atoms with van der Waals surface area (Å²) < 4.78 is 0. The molecule has 7 heteroatoms. The Hall–Kier alpha value is -3.30. The maximum Gasteiger partial charge on any atom is 0.239 e. The van der Waals surface area contributed by atoms with Crippen molar-refractivity contribution in [2.75, 3.05) is 18.0 Å². The van der Waals surface area contributed by atoms with Gasteiger partial charge in [-0.25, -0.2) is 0 Å². The fourth-order valence-electron chi connectivity index (χ4n) is 3.70. The van der Waals surface area contributed by atoms with Crippen LogP contribution in [0.3, 0.4) is 0 Å². The van der Waals surface area contributed by atoms with Crippen LogP contribution in [0.5, 0.6) is 0 Å². The zero-order valence-corrected chi connectivity index (χ0v) is 16.4. The molecule has 6 nitrogen and oxygen atoms in total. The Morgan fingerprint density at radius 1 is 1.28 bits per heavy atom. The van der Waals surface area contributed by atoms with Gasteiger partial charge >= 0.3 is 0 Å². The largest absolute Gasteiger partial charge is 0.361 e. The molecule has 2 heterocycles. The molecule has 3 aromatic rings. The maximum atomic E-state index is 12.7. The Morgan fingerprint density at radius 2 is 2.07 bits per heavy atom. The number of nitriles is 1. The van der Waals surface area contributed by atoms with Gasteiger partial charge in [-0.3, -0.25) is 9.59 Å². The number of halogens is 1. The Kier molecular flexibility index (Phi) is 5.24. The van der Waals surface area contributed by atoms with E-state index in [0.717, 1.165) is 16.5 Å². The molecule has 2 aromatic carbocycles. The van der Waals surface area contributed by atoms with E-state index in [2.05, 4.69) is 16.4 Å². The molecule has 146 valence electrons. The van der Waals surface area contributed by atoms with Crippen LogP contribution in [-0.2, 0) is 16.0 Å². The number of nitrogens with zero attached hydrogens (tertiary/aromatic N) is 2. The first kappa shape index (κ1) is 19.0.